The molecule has 0 radical (unpaired) electrons. The minimum absolute atomic E-state index is 0.0467. The van der Waals surface area contributed by atoms with E-state index in [2.05, 4.69) is 39.2 Å². The first kappa shape index (κ1) is 17.9. The number of nitrogens with zero attached hydrogens (tertiary/aromatic N) is 1. The van der Waals surface area contributed by atoms with Gasteiger partial charge in [0.2, 0.25) is 5.91 Å². The maximum absolute atomic E-state index is 12.1. The van der Waals surface area contributed by atoms with E-state index in [-0.39, 0.29) is 17.9 Å². The van der Waals surface area contributed by atoms with E-state index in [9.17, 15) is 9.59 Å². The van der Waals surface area contributed by atoms with Gasteiger partial charge in [0.1, 0.15) is 0 Å². The van der Waals surface area contributed by atoms with Crippen molar-refractivity contribution in [1.82, 2.24) is 10.2 Å². The van der Waals surface area contributed by atoms with Crippen molar-refractivity contribution in [2.24, 2.45) is 0 Å². The van der Waals surface area contributed by atoms with Gasteiger partial charge in [0.25, 0.3) is 0 Å². The SMILES string of the molecule is COC(=O)CCCC(=O)N[C@H]1CCCN(C2Cc3ccccc3C2)C1. The van der Waals surface area contributed by atoms with E-state index in [0.717, 1.165) is 38.8 Å². The van der Waals surface area contributed by atoms with Crippen molar-refractivity contribution in [3.63, 3.8) is 0 Å². The molecule has 0 aromatic heterocycles. The lowest BCUT2D eigenvalue weighted by molar-refractivity contribution is -0.140. The summed E-state index contributed by atoms with van der Waals surface area (Å²) in [6, 6.07) is 9.50. The van der Waals surface area contributed by atoms with E-state index in [1.807, 2.05) is 0 Å². The molecule has 0 spiro atoms. The van der Waals surface area contributed by atoms with Crippen LogP contribution in [0.15, 0.2) is 24.3 Å². The van der Waals surface area contributed by atoms with Crippen molar-refractivity contribution < 1.29 is 14.3 Å². The van der Waals surface area contributed by atoms with Crippen molar-refractivity contribution in [3.05, 3.63) is 35.4 Å². The lowest BCUT2D eigenvalue weighted by atomic mass is 10.0. The number of carbonyl (C=O) groups is 2. The standard InChI is InChI=1S/C20H28N2O3/c1-25-20(24)10-4-9-19(23)21-17-8-5-11-22(14-17)18-12-15-6-2-3-7-16(15)13-18/h2-3,6-7,17-18H,4-5,8-14H2,1H3,(H,21,23)/t17-/m0/s1. The van der Waals surface area contributed by atoms with E-state index in [4.69, 9.17) is 0 Å². The molecule has 136 valence electrons. The van der Waals surface area contributed by atoms with Crippen LogP contribution in [-0.4, -0.2) is 49.1 Å². The van der Waals surface area contributed by atoms with Crippen LogP contribution in [0.3, 0.4) is 0 Å². The molecule has 1 aromatic carbocycles. The number of fused-ring (bicyclic) bond motifs is 1. The van der Waals surface area contributed by atoms with Gasteiger partial charge in [-0.15, -0.1) is 0 Å². The topological polar surface area (TPSA) is 58.6 Å². The molecule has 1 saturated heterocycles. The number of hydrogen-bond donors (Lipinski definition) is 1. The number of carbonyl (C=O) groups excluding carboxylic acids is 2. The Bertz CT molecular complexity index is 592. The highest BCUT2D eigenvalue weighted by atomic mass is 16.5. The van der Waals surface area contributed by atoms with Gasteiger partial charge in [-0.3, -0.25) is 14.5 Å². The fourth-order valence-corrected chi connectivity index (χ4v) is 4.04. The largest absolute Gasteiger partial charge is 0.469 e. The van der Waals surface area contributed by atoms with Crippen LogP contribution in [0.2, 0.25) is 0 Å². The highest BCUT2D eigenvalue weighted by Crippen LogP contribution is 2.27. The lowest BCUT2D eigenvalue weighted by Crippen LogP contribution is -2.51. The normalized spacial score (nSPS) is 20.9. The van der Waals surface area contributed by atoms with E-state index in [1.54, 1.807) is 0 Å². The molecule has 0 bridgehead atoms. The van der Waals surface area contributed by atoms with Gasteiger partial charge < -0.3 is 10.1 Å². The lowest BCUT2D eigenvalue weighted by Gasteiger charge is -2.37. The van der Waals surface area contributed by atoms with E-state index in [1.165, 1.54) is 18.2 Å². The molecule has 1 aromatic rings. The molecule has 0 saturated carbocycles. The van der Waals surface area contributed by atoms with E-state index in [0.29, 0.717) is 25.3 Å². The average molecular weight is 344 g/mol. The molecule has 1 atom stereocenters. The maximum atomic E-state index is 12.1. The first-order valence-corrected chi connectivity index (χ1v) is 9.32. The number of methoxy groups -OCH3 is 1. The number of benzene rings is 1. The van der Waals surface area contributed by atoms with Crippen LogP contribution in [0.1, 0.15) is 43.2 Å². The Morgan fingerprint density at radius 1 is 1.20 bits per heavy atom. The summed E-state index contributed by atoms with van der Waals surface area (Å²) in [4.78, 5) is 25.8. The van der Waals surface area contributed by atoms with E-state index >= 15 is 0 Å². The van der Waals surface area contributed by atoms with Crippen LogP contribution in [-0.2, 0) is 27.2 Å². The van der Waals surface area contributed by atoms with Crippen LogP contribution in [0.25, 0.3) is 0 Å². The monoisotopic (exact) mass is 344 g/mol. The molecule has 1 aliphatic carbocycles. The third-order valence-corrected chi connectivity index (χ3v) is 5.38. The van der Waals surface area contributed by atoms with E-state index < -0.39 is 0 Å². The van der Waals surface area contributed by atoms with Crippen molar-refractivity contribution in [2.75, 3.05) is 20.2 Å². The Labute approximate surface area is 149 Å². The number of hydrogen-bond acceptors (Lipinski definition) is 4. The Morgan fingerprint density at radius 3 is 2.60 bits per heavy atom. The minimum atomic E-state index is -0.252. The summed E-state index contributed by atoms with van der Waals surface area (Å²) in [5.74, 6) is -0.206. The second-order valence-corrected chi connectivity index (χ2v) is 7.16. The van der Waals surface area contributed by atoms with Gasteiger partial charge in [0.15, 0.2) is 0 Å². The zero-order chi connectivity index (χ0) is 17.6. The fourth-order valence-electron chi connectivity index (χ4n) is 4.04. The number of amides is 1. The maximum Gasteiger partial charge on any atom is 0.305 e. The van der Waals surface area contributed by atoms with Crippen molar-refractivity contribution in [2.45, 2.75) is 57.0 Å². The molecule has 5 heteroatoms. The van der Waals surface area contributed by atoms with Crippen LogP contribution in [0.5, 0.6) is 0 Å². The minimum Gasteiger partial charge on any atom is -0.469 e. The van der Waals surface area contributed by atoms with Gasteiger partial charge in [-0.1, -0.05) is 24.3 Å². The predicted molar refractivity (Wildman–Crippen MR) is 96.2 cm³/mol. The molecule has 1 heterocycles. The molecule has 1 amide bonds. The first-order chi connectivity index (χ1) is 12.2. The van der Waals surface area contributed by atoms with Crippen LogP contribution < -0.4 is 5.32 Å². The molecule has 5 nitrogen and oxygen atoms in total. The fraction of sp³-hybridized carbons (Fsp3) is 0.600. The summed E-state index contributed by atoms with van der Waals surface area (Å²) in [5, 5.41) is 3.15. The molecule has 1 N–H and O–H groups in total. The Kier molecular flexibility index (Phi) is 6.08. The highest BCUT2D eigenvalue weighted by molar-refractivity contribution is 5.77. The summed E-state index contributed by atoms with van der Waals surface area (Å²) in [6.45, 7) is 2.05. The third kappa shape index (κ3) is 4.82. The molecule has 1 aliphatic heterocycles. The Hall–Kier alpha value is -1.88. The van der Waals surface area contributed by atoms with Gasteiger partial charge >= 0.3 is 5.97 Å². The summed E-state index contributed by atoms with van der Waals surface area (Å²) in [6.07, 6.45) is 5.65. The zero-order valence-electron chi connectivity index (χ0n) is 15.0. The van der Waals surface area contributed by atoms with Gasteiger partial charge in [-0.2, -0.15) is 0 Å². The van der Waals surface area contributed by atoms with Crippen LogP contribution in [0, 0.1) is 0 Å². The number of ether oxygens (including phenoxy) is 1. The summed E-state index contributed by atoms with van der Waals surface area (Å²) in [7, 11) is 1.38. The number of piperidine rings is 1. The summed E-state index contributed by atoms with van der Waals surface area (Å²) < 4.78 is 4.60. The molecule has 1 fully saturated rings. The highest BCUT2D eigenvalue weighted by Gasteiger charge is 2.30. The molecular weight excluding hydrogens is 316 g/mol. The average Bonchev–Trinajstić information content (AvgIpc) is 3.06. The third-order valence-electron chi connectivity index (χ3n) is 5.38. The van der Waals surface area contributed by atoms with Crippen LogP contribution in [0.4, 0.5) is 0 Å². The number of nitrogens with one attached hydrogen (secondary N) is 1. The second kappa shape index (κ2) is 8.48. The summed E-state index contributed by atoms with van der Waals surface area (Å²) in [5.41, 5.74) is 2.95. The molecular formula is C20H28N2O3. The van der Waals surface area contributed by atoms with Gasteiger partial charge in [0.05, 0.1) is 7.11 Å². The number of rotatable bonds is 6. The van der Waals surface area contributed by atoms with Crippen molar-refractivity contribution in [3.8, 4) is 0 Å². The summed E-state index contributed by atoms with van der Waals surface area (Å²) >= 11 is 0. The van der Waals surface area contributed by atoms with Crippen LogP contribution >= 0.6 is 0 Å². The zero-order valence-corrected chi connectivity index (χ0v) is 15.0. The van der Waals surface area contributed by atoms with Gasteiger partial charge in [0, 0.05) is 31.5 Å². The molecule has 2 aliphatic rings. The van der Waals surface area contributed by atoms with Crippen molar-refractivity contribution >= 4 is 11.9 Å². The number of likely N-dealkylation sites (tertiary alicyclic amines) is 1. The molecule has 25 heavy (non-hydrogen) atoms. The smallest absolute Gasteiger partial charge is 0.305 e. The first-order valence-electron chi connectivity index (χ1n) is 9.32. The van der Waals surface area contributed by atoms with Gasteiger partial charge in [-0.05, 0) is 49.8 Å². The second-order valence-electron chi connectivity index (χ2n) is 7.16. The van der Waals surface area contributed by atoms with Crippen molar-refractivity contribution in [1.29, 1.82) is 0 Å². The molecule has 0 unspecified atom stereocenters. The predicted octanol–water partition coefficient (Wildman–Crippen LogP) is 2.08. The Morgan fingerprint density at radius 2 is 1.92 bits per heavy atom. The molecule has 3 rings (SSSR count). The number of esters is 1. The van der Waals surface area contributed by atoms with Gasteiger partial charge in [-0.25, -0.2) is 0 Å². The Balaban J connectivity index is 1.44. The quantitative estimate of drug-likeness (QED) is 0.803.